The maximum absolute atomic E-state index is 11.7. The Labute approximate surface area is 114 Å². The second kappa shape index (κ2) is 6.23. The number of anilines is 2. The van der Waals surface area contributed by atoms with E-state index in [2.05, 4.69) is 20.6 Å². The zero-order valence-corrected chi connectivity index (χ0v) is 10.3. The highest BCUT2D eigenvalue weighted by atomic mass is 16.6. The zero-order chi connectivity index (χ0) is 14.4. The van der Waals surface area contributed by atoms with E-state index in [4.69, 9.17) is 0 Å². The normalized spacial score (nSPS) is 9.80. The number of nitro groups is 1. The number of nitrogens with one attached hydrogen (secondary N) is 2. The maximum atomic E-state index is 11.7. The molecule has 8 heteroatoms. The van der Waals surface area contributed by atoms with Gasteiger partial charge in [-0.1, -0.05) is 6.07 Å². The van der Waals surface area contributed by atoms with Crippen LogP contribution in [-0.4, -0.2) is 27.3 Å². The molecule has 0 fully saturated rings. The molecular formula is C12H11N5O3. The Balaban J connectivity index is 1.96. The fourth-order valence-electron chi connectivity index (χ4n) is 1.47. The van der Waals surface area contributed by atoms with Crippen molar-refractivity contribution < 1.29 is 9.72 Å². The fraction of sp³-hybridized carbons (Fsp3) is 0.0833. The van der Waals surface area contributed by atoms with Crippen LogP contribution in [0, 0.1) is 10.1 Å². The van der Waals surface area contributed by atoms with Crippen LogP contribution in [0.15, 0.2) is 42.7 Å². The van der Waals surface area contributed by atoms with E-state index in [-0.39, 0.29) is 24.0 Å². The predicted octanol–water partition coefficient (Wildman–Crippen LogP) is 1.44. The number of pyridine rings is 2. The monoisotopic (exact) mass is 273 g/mol. The largest absolute Gasteiger partial charge is 0.355 e. The second-order valence-corrected chi connectivity index (χ2v) is 3.74. The third-order valence-electron chi connectivity index (χ3n) is 2.33. The minimum Gasteiger partial charge on any atom is -0.355 e. The number of aromatic nitrogens is 2. The van der Waals surface area contributed by atoms with E-state index in [1.165, 1.54) is 18.3 Å². The van der Waals surface area contributed by atoms with Crippen LogP contribution in [0.5, 0.6) is 0 Å². The van der Waals surface area contributed by atoms with E-state index in [0.717, 1.165) is 0 Å². The highest BCUT2D eigenvalue weighted by molar-refractivity contribution is 5.93. The van der Waals surface area contributed by atoms with Crippen LogP contribution in [0.4, 0.5) is 17.3 Å². The Hall–Kier alpha value is -3.03. The first-order chi connectivity index (χ1) is 9.66. The summed E-state index contributed by atoms with van der Waals surface area (Å²) in [5.74, 6) is 0.0899. The zero-order valence-electron chi connectivity index (χ0n) is 10.3. The first-order valence-corrected chi connectivity index (χ1v) is 5.71. The summed E-state index contributed by atoms with van der Waals surface area (Å²) < 4.78 is 0. The Morgan fingerprint density at radius 2 is 2.00 bits per heavy atom. The number of nitrogens with zero attached hydrogens (tertiary/aromatic N) is 3. The van der Waals surface area contributed by atoms with Gasteiger partial charge in [0.1, 0.15) is 5.82 Å². The smallest absolute Gasteiger partial charge is 0.311 e. The number of rotatable bonds is 5. The van der Waals surface area contributed by atoms with Crippen molar-refractivity contribution >= 4 is 23.2 Å². The van der Waals surface area contributed by atoms with Gasteiger partial charge in [-0.15, -0.1) is 0 Å². The lowest BCUT2D eigenvalue weighted by Gasteiger charge is -2.06. The molecule has 0 aromatic carbocycles. The van der Waals surface area contributed by atoms with E-state index in [9.17, 15) is 14.9 Å². The lowest BCUT2D eigenvalue weighted by molar-refractivity contribution is -0.384. The molecule has 0 atom stereocenters. The van der Waals surface area contributed by atoms with Crippen molar-refractivity contribution in [3.8, 4) is 0 Å². The number of carbonyl (C=O) groups is 1. The minimum atomic E-state index is -0.564. The molecule has 0 aliphatic carbocycles. The first-order valence-electron chi connectivity index (χ1n) is 5.71. The van der Waals surface area contributed by atoms with Gasteiger partial charge in [0.2, 0.25) is 11.7 Å². The molecule has 2 aromatic heterocycles. The molecule has 20 heavy (non-hydrogen) atoms. The van der Waals surface area contributed by atoms with Gasteiger partial charge >= 0.3 is 5.69 Å². The van der Waals surface area contributed by atoms with Crippen LogP contribution in [0.1, 0.15) is 0 Å². The average molecular weight is 273 g/mol. The molecule has 0 aliphatic heterocycles. The Bertz CT molecular complexity index is 617. The molecule has 0 spiro atoms. The van der Waals surface area contributed by atoms with Gasteiger partial charge in [0, 0.05) is 18.5 Å². The summed E-state index contributed by atoms with van der Waals surface area (Å²) in [6.07, 6.45) is 2.96. The summed E-state index contributed by atoms with van der Waals surface area (Å²) in [5.41, 5.74) is -0.182. The third kappa shape index (κ3) is 3.48. The molecule has 0 aliphatic rings. The Morgan fingerprint density at radius 1 is 1.20 bits per heavy atom. The van der Waals surface area contributed by atoms with Crippen molar-refractivity contribution in [3.63, 3.8) is 0 Å². The van der Waals surface area contributed by atoms with Crippen molar-refractivity contribution in [3.05, 3.63) is 52.8 Å². The van der Waals surface area contributed by atoms with Crippen LogP contribution in [0.25, 0.3) is 0 Å². The van der Waals surface area contributed by atoms with Gasteiger partial charge in [-0.2, -0.15) is 0 Å². The van der Waals surface area contributed by atoms with Gasteiger partial charge in [-0.05, 0) is 18.2 Å². The van der Waals surface area contributed by atoms with Crippen LogP contribution in [0.2, 0.25) is 0 Å². The van der Waals surface area contributed by atoms with Gasteiger partial charge < -0.3 is 10.6 Å². The lowest BCUT2D eigenvalue weighted by atomic mass is 10.4. The lowest BCUT2D eigenvalue weighted by Crippen LogP contribution is -2.22. The minimum absolute atomic E-state index is 0.0497. The topological polar surface area (TPSA) is 110 Å². The summed E-state index contributed by atoms with van der Waals surface area (Å²) >= 11 is 0. The maximum Gasteiger partial charge on any atom is 0.311 e. The van der Waals surface area contributed by atoms with Crippen LogP contribution < -0.4 is 10.6 Å². The standard InChI is InChI=1S/C12H11N5O3/c18-11(16-10-5-1-2-6-13-10)8-15-12-9(17(19)20)4-3-7-14-12/h1-7H,8H2,(H,14,15)(H,13,16,18). The summed E-state index contributed by atoms with van der Waals surface area (Å²) in [4.78, 5) is 29.6. The predicted molar refractivity (Wildman–Crippen MR) is 72.2 cm³/mol. The molecular weight excluding hydrogens is 262 g/mol. The van der Waals surface area contributed by atoms with Crippen LogP contribution >= 0.6 is 0 Å². The van der Waals surface area contributed by atoms with Crippen molar-refractivity contribution in [2.75, 3.05) is 17.2 Å². The van der Waals surface area contributed by atoms with Gasteiger partial charge in [0.15, 0.2) is 0 Å². The molecule has 0 unspecified atom stereocenters. The summed E-state index contributed by atoms with van der Waals surface area (Å²) in [5, 5.41) is 15.9. The van der Waals surface area contributed by atoms with Gasteiger partial charge in [-0.25, -0.2) is 9.97 Å². The molecule has 0 bridgehead atoms. The van der Waals surface area contributed by atoms with E-state index < -0.39 is 4.92 Å². The molecule has 8 nitrogen and oxygen atoms in total. The SMILES string of the molecule is O=C(CNc1ncccc1[N+](=O)[O-])Nc1ccccn1. The van der Waals surface area contributed by atoms with Crippen molar-refractivity contribution in [1.82, 2.24) is 9.97 Å². The molecule has 2 rings (SSSR count). The molecule has 2 N–H and O–H groups in total. The number of amides is 1. The highest BCUT2D eigenvalue weighted by Gasteiger charge is 2.14. The third-order valence-corrected chi connectivity index (χ3v) is 2.33. The fourth-order valence-corrected chi connectivity index (χ4v) is 1.47. The number of hydrogen-bond acceptors (Lipinski definition) is 6. The average Bonchev–Trinajstić information content (AvgIpc) is 2.46. The summed E-state index contributed by atoms with van der Waals surface area (Å²) in [6.45, 7) is -0.144. The molecule has 0 saturated heterocycles. The Kier molecular flexibility index (Phi) is 4.17. The second-order valence-electron chi connectivity index (χ2n) is 3.74. The molecule has 2 aromatic rings. The van der Waals surface area contributed by atoms with Crippen LogP contribution in [-0.2, 0) is 4.79 Å². The van der Waals surface area contributed by atoms with Crippen molar-refractivity contribution in [1.29, 1.82) is 0 Å². The van der Waals surface area contributed by atoms with E-state index in [1.807, 2.05) is 0 Å². The molecule has 2 heterocycles. The van der Waals surface area contributed by atoms with E-state index >= 15 is 0 Å². The van der Waals surface area contributed by atoms with E-state index in [0.29, 0.717) is 5.82 Å². The number of hydrogen-bond donors (Lipinski definition) is 2. The molecule has 102 valence electrons. The van der Waals surface area contributed by atoms with Gasteiger partial charge in [0.25, 0.3) is 0 Å². The van der Waals surface area contributed by atoms with Crippen molar-refractivity contribution in [2.24, 2.45) is 0 Å². The molecule has 0 saturated carbocycles. The first kappa shape index (κ1) is 13.4. The van der Waals surface area contributed by atoms with Crippen molar-refractivity contribution in [2.45, 2.75) is 0 Å². The summed E-state index contributed by atoms with van der Waals surface area (Å²) in [7, 11) is 0. The number of carbonyl (C=O) groups excluding carboxylic acids is 1. The van der Waals surface area contributed by atoms with E-state index in [1.54, 1.807) is 24.4 Å². The van der Waals surface area contributed by atoms with Gasteiger partial charge in [0.05, 0.1) is 11.5 Å². The highest BCUT2D eigenvalue weighted by Crippen LogP contribution is 2.19. The van der Waals surface area contributed by atoms with Gasteiger partial charge in [-0.3, -0.25) is 14.9 Å². The Morgan fingerprint density at radius 3 is 2.70 bits per heavy atom. The quantitative estimate of drug-likeness (QED) is 0.630. The molecule has 0 radical (unpaired) electrons. The summed E-state index contributed by atoms with van der Waals surface area (Å²) in [6, 6.07) is 7.87. The van der Waals surface area contributed by atoms with Crippen LogP contribution in [0.3, 0.4) is 0 Å². The molecule has 1 amide bonds.